The van der Waals surface area contributed by atoms with Gasteiger partial charge in [-0.05, 0) is 17.7 Å². The van der Waals surface area contributed by atoms with Crippen LogP contribution in [-0.4, -0.2) is 25.6 Å². The highest BCUT2D eigenvalue weighted by Crippen LogP contribution is 2.22. The van der Waals surface area contributed by atoms with Gasteiger partial charge in [-0.3, -0.25) is 0 Å². The summed E-state index contributed by atoms with van der Waals surface area (Å²) in [7, 11) is 1.35. The van der Waals surface area contributed by atoms with Crippen LogP contribution in [0.25, 0.3) is 0 Å². The number of methoxy groups -OCH3 is 1. The second-order valence-electron chi connectivity index (χ2n) is 3.40. The van der Waals surface area contributed by atoms with E-state index in [1.807, 2.05) is 12.1 Å². The Hall–Kier alpha value is -2.04. The van der Waals surface area contributed by atoms with Gasteiger partial charge in [0.25, 0.3) is 6.02 Å². The van der Waals surface area contributed by atoms with Gasteiger partial charge in [-0.2, -0.15) is 0 Å². The zero-order valence-electron chi connectivity index (χ0n) is 8.84. The topological polar surface area (TPSA) is 73.9 Å². The lowest BCUT2D eigenvalue weighted by molar-refractivity contribution is 0.0600. The molecule has 1 atom stereocenters. The quantitative estimate of drug-likeness (QED) is 0.750. The third-order valence-corrected chi connectivity index (χ3v) is 2.38. The lowest BCUT2D eigenvalue weighted by Crippen LogP contribution is -2.13. The average molecular weight is 220 g/mol. The molecule has 0 saturated carbocycles. The fraction of sp³-hybridized carbons (Fsp3) is 0.273. The number of amidine groups is 1. The van der Waals surface area contributed by atoms with E-state index in [1.165, 1.54) is 7.11 Å². The van der Waals surface area contributed by atoms with Crippen molar-refractivity contribution < 1.29 is 14.3 Å². The number of rotatable bonds is 2. The molecule has 0 bridgehead atoms. The summed E-state index contributed by atoms with van der Waals surface area (Å²) in [6.45, 7) is 0.517. The number of benzene rings is 1. The summed E-state index contributed by atoms with van der Waals surface area (Å²) in [6.07, 6.45) is -0.147. The summed E-state index contributed by atoms with van der Waals surface area (Å²) in [4.78, 5) is 15.2. The Bertz CT molecular complexity index is 425. The molecular weight excluding hydrogens is 208 g/mol. The molecule has 5 nitrogen and oxygen atoms in total. The lowest BCUT2D eigenvalue weighted by atomic mass is 10.1. The van der Waals surface area contributed by atoms with Crippen LogP contribution in [0.2, 0.25) is 0 Å². The molecule has 0 spiro atoms. The van der Waals surface area contributed by atoms with Crippen LogP contribution in [0, 0.1) is 0 Å². The minimum atomic E-state index is -0.352. The Kier molecular flexibility index (Phi) is 2.76. The molecule has 1 aliphatic heterocycles. The zero-order valence-corrected chi connectivity index (χ0v) is 8.84. The predicted octanol–water partition coefficient (Wildman–Crippen LogP) is 0.859. The summed E-state index contributed by atoms with van der Waals surface area (Å²) >= 11 is 0. The molecule has 0 aliphatic carbocycles. The number of esters is 1. The first-order valence-corrected chi connectivity index (χ1v) is 4.85. The molecule has 0 amide bonds. The van der Waals surface area contributed by atoms with Gasteiger partial charge in [-0.25, -0.2) is 9.79 Å². The summed E-state index contributed by atoms with van der Waals surface area (Å²) < 4.78 is 9.89. The van der Waals surface area contributed by atoms with Gasteiger partial charge in [-0.1, -0.05) is 12.1 Å². The van der Waals surface area contributed by atoms with Crippen molar-refractivity contribution >= 4 is 12.0 Å². The molecule has 2 rings (SSSR count). The summed E-state index contributed by atoms with van der Waals surface area (Å²) in [6, 6.07) is 7.22. The van der Waals surface area contributed by atoms with E-state index < -0.39 is 0 Å². The van der Waals surface area contributed by atoms with Gasteiger partial charge in [0.2, 0.25) is 0 Å². The van der Waals surface area contributed by atoms with Gasteiger partial charge in [0.15, 0.2) is 0 Å². The molecule has 1 aromatic carbocycles. The molecule has 1 unspecified atom stereocenters. The Balaban J connectivity index is 2.11. The number of carbonyl (C=O) groups is 1. The van der Waals surface area contributed by atoms with Gasteiger partial charge in [0.05, 0.1) is 19.2 Å². The molecule has 1 aromatic rings. The van der Waals surface area contributed by atoms with Gasteiger partial charge >= 0.3 is 5.97 Å². The fourth-order valence-electron chi connectivity index (χ4n) is 1.52. The molecule has 1 heterocycles. The largest absolute Gasteiger partial charge is 0.465 e. The molecule has 0 radical (unpaired) electrons. The average Bonchev–Trinajstić information content (AvgIpc) is 2.75. The number of nitrogens with zero attached hydrogens (tertiary/aromatic N) is 1. The first kappa shape index (κ1) is 10.5. The number of ether oxygens (including phenoxy) is 2. The van der Waals surface area contributed by atoms with Gasteiger partial charge < -0.3 is 15.2 Å². The molecular formula is C11H12N2O3. The van der Waals surface area contributed by atoms with Crippen molar-refractivity contribution in [1.82, 2.24) is 0 Å². The predicted molar refractivity (Wildman–Crippen MR) is 58.1 cm³/mol. The van der Waals surface area contributed by atoms with Crippen molar-refractivity contribution in [1.29, 1.82) is 0 Å². The minimum Gasteiger partial charge on any atom is -0.465 e. The maximum Gasteiger partial charge on any atom is 0.337 e. The maximum atomic E-state index is 11.2. The normalized spacial score (nSPS) is 18.8. The third kappa shape index (κ3) is 1.98. The van der Waals surface area contributed by atoms with E-state index in [0.717, 1.165) is 5.56 Å². The third-order valence-electron chi connectivity index (χ3n) is 2.38. The van der Waals surface area contributed by atoms with E-state index in [0.29, 0.717) is 12.1 Å². The second kappa shape index (κ2) is 4.22. The Labute approximate surface area is 92.9 Å². The Morgan fingerprint density at radius 1 is 1.50 bits per heavy atom. The summed E-state index contributed by atoms with van der Waals surface area (Å²) in [5, 5.41) is 0. The molecule has 16 heavy (non-hydrogen) atoms. The minimum absolute atomic E-state index is 0.147. The first-order chi connectivity index (χ1) is 7.70. The zero-order chi connectivity index (χ0) is 11.5. The summed E-state index contributed by atoms with van der Waals surface area (Å²) in [5.41, 5.74) is 6.87. The number of nitrogens with two attached hydrogens (primary N) is 1. The van der Waals surface area contributed by atoms with Crippen LogP contribution in [0.4, 0.5) is 0 Å². The van der Waals surface area contributed by atoms with E-state index >= 15 is 0 Å². The molecule has 0 saturated heterocycles. The van der Waals surface area contributed by atoms with E-state index in [9.17, 15) is 4.79 Å². The first-order valence-electron chi connectivity index (χ1n) is 4.85. The van der Waals surface area contributed by atoms with Crippen LogP contribution in [0.1, 0.15) is 22.0 Å². The van der Waals surface area contributed by atoms with Crippen molar-refractivity contribution in [2.45, 2.75) is 6.10 Å². The SMILES string of the molecule is COC(=O)c1ccc(C2CN=C(N)O2)cc1. The fourth-order valence-corrected chi connectivity index (χ4v) is 1.52. The van der Waals surface area contributed by atoms with Crippen LogP contribution in [0.15, 0.2) is 29.3 Å². The summed E-state index contributed by atoms with van der Waals surface area (Å²) in [5.74, 6) is -0.352. The van der Waals surface area contributed by atoms with Crippen LogP contribution in [0.5, 0.6) is 0 Å². The van der Waals surface area contributed by atoms with E-state index in [2.05, 4.69) is 9.73 Å². The van der Waals surface area contributed by atoms with Crippen molar-refractivity contribution in [3.63, 3.8) is 0 Å². The van der Waals surface area contributed by atoms with Crippen molar-refractivity contribution in [3.05, 3.63) is 35.4 Å². The highest BCUT2D eigenvalue weighted by atomic mass is 16.5. The Morgan fingerprint density at radius 2 is 2.19 bits per heavy atom. The molecule has 1 aliphatic rings. The van der Waals surface area contributed by atoms with Crippen LogP contribution in [-0.2, 0) is 9.47 Å². The van der Waals surface area contributed by atoms with Gasteiger partial charge in [0, 0.05) is 0 Å². The number of hydrogen-bond donors (Lipinski definition) is 1. The molecule has 5 heteroatoms. The van der Waals surface area contributed by atoms with E-state index in [1.54, 1.807) is 12.1 Å². The highest BCUT2D eigenvalue weighted by Gasteiger charge is 2.19. The Morgan fingerprint density at radius 3 is 2.69 bits per heavy atom. The van der Waals surface area contributed by atoms with Crippen LogP contribution < -0.4 is 5.73 Å². The highest BCUT2D eigenvalue weighted by molar-refractivity contribution is 5.89. The smallest absolute Gasteiger partial charge is 0.337 e. The molecule has 2 N–H and O–H groups in total. The van der Waals surface area contributed by atoms with Crippen molar-refractivity contribution in [3.8, 4) is 0 Å². The van der Waals surface area contributed by atoms with Crippen molar-refractivity contribution in [2.75, 3.05) is 13.7 Å². The molecule has 0 aromatic heterocycles. The van der Waals surface area contributed by atoms with E-state index in [4.69, 9.17) is 10.5 Å². The molecule has 0 fully saturated rings. The molecule has 84 valence electrons. The lowest BCUT2D eigenvalue weighted by Gasteiger charge is -2.10. The second-order valence-corrected chi connectivity index (χ2v) is 3.40. The van der Waals surface area contributed by atoms with Crippen molar-refractivity contribution in [2.24, 2.45) is 10.7 Å². The number of hydrogen-bond acceptors (Lipinski definition) is 5. The number of carbonyl (C=O) groups excluding carboxylic acids is 1. The van der Waals surface area contributed by atoms with E-state index in [-0.39, 0.29) is 18.1 Å². The standard InChI is InChI=1S/C11H12N2O3/c1-15-10(14)8-4-2-7(3-5-8)9-6-13-11(12)16-9/h2-5,9H,6H2,1H3,(H2,12,13). The maximum absolute atomic E-state index is 11.2. The van der Waals surface area contributed by atoms with Gasteiger partial charge in [0.1, 0.15) is 6.10 Å². The van der Waals surface area contributed by atoms with Crippen LogP contribution in [0.3, 0.4) is 0 Å². The van der Waals surface area contributed by atoms with Gasteiger partial charge in [-0.15, -0.1) is 0 Å². The monoisotopic (exact) mass is 220 g/mol. The van der Waals surface area contributed by atoms with Crippen LogP contribution >= 0.6 is 0 Å². The number of aliphatic imine (C=N–C) groups is 1.